The van der Waals surface area contributed by atoms with E-state index in [1.807, 2.05) is 0 Å². The number of aryl methyl sites for hydroxylation is 1. The van der Waals surface area contributed by atoms with Gasteiger partial charge in [-0.15, -0.1) is 0 Å². The van der Waals surface area contributed by atoms with Crippen molar-refractivity contribution in [3.05, 3.63) is 64.3 Å². The van der Waals surface area contributed by atoms with Crippen LogP contribution in [0.4, 0.5) is 36.3 Å². The van der Waals surface area contributed by atoms with E-state index in [0.29, 0.717) is 40.5 Å². The summed E-state index contributed by atoms with van der Waals surface area (Å²) in [4.78, 5) is 21.4. The van der Waals surface area contributed by atoms with Crippen LogP contribution < -0.4 is 16.4 Å². The standard InChI is InChI=1S/C20H16F3N5O4S/c1-10-9-24-18(26-11-4-6-16(33(2,30)31)13(7-11)20(21,22)23)28-17(10)25-12-3-5-15-14(8-12)27-19(29)32-15/h3-9H,1-2H3,(H,27,29)(H2,24,25,26,28). The molecule has 0 aliphatic heterocycles. The third kappa shape index (κ3) is 4.82. The molecule has 0 aliphatic rings. The summed E-state index contributed by atoms with van der Waals surface area (Å²) in [5, 5.41) is 5.71. The van der Waals surface area contributed by atoms with Crippen LogP contribution >= 0.6 is 0 Å². The van der Waals surface area contributed by atoms with Gasteiger partial charge in [-0.2, -0.15) is 18.2 Å². The van der Waals surface area contributed by atoms with E-state index in [2.05, 4.69) is 25.6 Å². The molecule has 0 radical (unpaired) electrons. The number of benzene rings is 2. The van der Waals surface area contributed by atoms with Gasteiger partial charge >= 0.3 is 11.9 Å². The van der Waals surface area contributed by atoms with Gasteiger partial charge in [0, 0.05) is 29.4 Å². The minimum Gasteiger partial charge on any atom is -0.408 e. The van der Waals surface area contributed by atoms with E-state index < -0.39 is 32.2 Å². The monoisotopic (exact) mass is 479 g/mol. The summed E-state index contributed by atoms with van der Waals surface area (Å²) in [6.45, 7) is 1.73. The molecule has 0 saturated heterocycles. The highest BCUT2D eigenvalue weighted by atomic mass is 32.2. The Labute approximate surface area is 184 Å². The van der Waals surface area contributed by atoms with Crippen LogP contribution in [-0.2, 0) is 16.0 Å². The van der Waals surface area contributed by atoms with E-state index in [1.54, 1.807) is 25.1 Å². The van der Waals surface area contributed by atoms with Gasteiger partial charge in [-0.25, -0.2) is 18.2 Å². The molecule has 0 unspecified atom stereocenters. The van der Waals surface area contributed by atoms with Crippen molar-refractivity contribution in [1.29, 1.82) is 0 Å². The number of fused-ring (bicyclic) bond motifs is 1. The van der Waals surface area contributed by atoms with Crippen molar-refractivity contribution in [1.82, 2.24) is 15.0 Å². The van der Waals surface area contributed by atoms with Crippen molar-refractivity contribution in [2.45, 2.75) is 18.0 Å². The van der Waals surface area contributed by atoms with Gasteiger partial charge in [0.2, 0.25) is 5.95 Å². The van der Waals surface area contributed by atoms with Gasteiger partial charge in [-0.3, -0.25) is 4.98 Å². The van der Waals surface area contributed by atoms with Gasteiger partial charge in [0.15, 0.2) is 15.4 Å². The first-order valence-electron chi connectivity index (χ1n) is 9.32. The van der Waals surface area contributed by atoms with E-state index in [9.17, 15) is 26.4 Å². The van der Waals surface area contributed by atoms with Crippen molar-refractivity contribution >= 4 is 44.1 Å². The molecule has 0 spiro atoms. The van der Waals surface area contributed by atoms with Crippen LogP contribution in [0.15, 0.2) is 56.7 Å². The van der Waals surface area contributed by atoms with Crippen molar-refractivity contribution in [2.24, 2.45) is 0 Å². The molecule has 3 N–H and O–H groups in total. The first-order chi connectivity index (χ1) is 15.4. The highest BCUT2D eigenvalue weighted by molar-refractivity contribution is 7.90. The van der Waals surface area contributed by atoms with Gasteiger partial charge in [0.05, 0.1) is 16.0 Å². The van der Waals surface area contributed by atoms with Crippen molar-refractivity contribution in [3.63, 3.8) is 0 Å². The average molecular weight is 479 g/mol. The lowest BCUT2D eigenvalue weighted by Crippen LogP contribution is -2.13. The molecule has 33 heavy (non-hydrogen) atoms. The van der Waals surface area contributed by atoms with Crippen molar-refractivity contribution < 1.29 is 26.0 Å². The number of halogens is 3. The number of sulfone groups is 1. The molecule has 4 rings (SSSR count). The fraction of sp³-hybridized carbons (Fsp3) is 0.150. The molecule has 0 fully saturated rings. The van der Waals surface area contributed by atoms with Crippen LogP contribution in [-0.4, -0.2) is 29.6 Å². The lowest BCUT2D eigenvalue weighted by Gasteiger charge is -2.15. The normalized spacial score (nSPS) is 12.2. The summed E-state index contributed by atoms with van der Waals surface area (Å²) in [6, 6.07) is 7.66. The number of oxazole rings is 1. The molecule has 0 atom stereocenters. The second kappa shape index (κ2) is 7.92. The molecule has 13 heteroatoms. The lowest BCUT2D eigenvalue weighted by atomic mass is 10.2. The number of hydrogen-bond acceptors (Lipinski definition) is 8. The molecule has 0 bridgehead atoms. The van der Waals surface area contributed by atoms with Crippen molar-refractivity contribution in [3.8, 4) is 0 Å². The topological polar surface area (TPSA) is 130 Å². The van der Waals surface area contributed by atoms with E-state index in [-0.39, 0.29) is 11.6 Å². The molecule has 172 valence electrons. The Morgan fingerprint density at radius 1 is 1.06 bits per heavy atom. The SMILES string of the molecule is Cc1cnc(Nc2ccc(S(C)(=O)=O)c(C(F)(F)F)c2)nc1Nc1ccc2oc(=O)[nH]c2c1. The second-order valence-electron chi connectivity index (χ2n) is 7.18. The molecule has 0 aliphatic carbocycles. The predicted octanol–water partition coefficient (Wildman–Crippen LogP) is 4.13. The fourth-order valence-electron chi connectivity index (χ4n) is 3.08. The highest BCUT2D eigenvalue weighted by Crippen LogP contribution is 2.36. The zero-order valence-electron chi connectivity index (χ0n) is 17.1. The van der Waals surface area contributed by atoms with E-state index in [0.717, 1.165) is 6.07 Å². The summed E-state index contributed by atoms with van der Waals surface area (Å²) in [5.74, 6) is -0.241. The minimum absolute atomic E-state index is 0.0128. The molecule has 0 amide bonds. The first kappa shape index (κ1) is 22.3. The maximum absolute atomic E-state index is 13.4. The maximum atomic E-state index is 13.4. The molecule has 9 nitrogen and oxygen atoms in total. The van der Waals surface area contributed by atoms with E-state index >= 15 is 0 Å². The molecule has 4 aromatic rings. The number of alkyl halides is 3. The molecular formula is C20H16F3N5O4S. The molecule has 2 aromatic heterocycles. The number of rotatable bonds is 5. The van der Waals surface area contributed by atoms with E-state index in [1.165, 1.54) is 12.3 Å². The van der Waals surface area contributed by atoms with Gasteiger partial charge in [-0.1, -0.05) is 0 Å². The van der Waals surface area contributed by atoms with Crippen LogP contribution in [0, 0.1) is 6.92 Å². The van der Waals surface area contributed by atoms with Gasteiger partial charge in [0.25, 0.3) is 0 Å². The minimum atomic E-state index is -4.87. The summed E-state index contributed by atoms with van der Waals surface area (Å²) in [6.07, 6.45) is -2.70. The fourth-order valence-corrected chi connectivity index (χ4v) is 3.97. The lowest BCUT2D eigenvalue weighted by molar-refractivity contribution is -0.139. The number of H-pyrrole nitrogens is 1. The predicted molar refractivity (Wildman–Crippen MR) is 115 cm³/mol. The molecule has 2 aromatic carbocycles. The molecular weight excluding hydrogens is 463 g/mol. The molecule has 0 saturated carbocycles. The number of aromatic nitrogens is 3. The maximum Gasteiger partial charge on any atom is 0.417 e. The Kier molecular flexibility index (Phi) is 5.36. The zero-order valence-corrected chi connectivity index (χ0v) is 17.9. The third-order valence-electron chi connectivity index (χ3n) is 4.59. The Morgan fingerprint density at radius 2 is 1.76 bits per heavy atom. The Hall–Kier alpha value is -3.87. The summed E-state index contributed by atoms with van der Waals surface area (Å²) in [7, 11) is -4.09. The molecule has 2 heterocycles. The number of aromatic amines is 1. The smallest absolute Gasteiger partial charge is 0.408 e. The second-order valence-corrected chi connectivity index (χ2v) is 9.17. The Balaban J connectivity index is 1.64. The Bertz CT molecular complexity index is 1530. The van der Waals surface area contributed by atoms with Crippen LogP contribution in [0.25, 0.3) is 11.1 Å². The summed E-state index contributed by atoms with van der Waals surface area (Å²) >= 11 is 0. The number of nitrogens with one attached hydrogen (secondary N) is 3. The van der Waals surface area contributed by atoms with Crippen LogP contribution in [0.2, 0.25) is 0 Å². The van der Waals surface area contributed by atoms with Crippen molar-refractivity contribution in [2.75, 3.05) is 16.9 Å². The van der Waals surface area contributed by atoms with Gasteiger partial charge in [0.1, 0.15) is 5.82 Å². The van der Waals surface area contributed by atoms with Gasteiger partial charge in [-0.05, 0) is 43.3 Å². The summed E-state index contributed by atoms with van der Waals surface area (Å²) in [5.41, 5.74) is 0.740. The summed E-state index contributed by atoms with van der Waals surface area (Å²) < 4.78 is 68.6. The quantitative estimate of drug-likeness (QED) is 0.390. The largest absolute Gasteiger partial charge is 0.417 e. The number of hydrogen-bond donors (Lipinski definition) is 3. The first-order valence-corrected chi connectivity index (χ1v) is 11.2. The average Bonchev–Trinajstić information content (AvgIpc) is 3.08. The van der Waals surface area contributed by atoms with Gasteiger partial charge < -0.3 is 15.1 Å². The Morgan fingerprint density at radius 3 is 2.45 bits per heavy atom. The highest BCUT2D eigenvalue weighted by Gasteiger charge is 2.36. The van der Waals surface area contributed by atoms with Crippen LogP contribution in [0.5, 0.6) is 0 Å². The number of nitrogens with zero attached hydrogens (tertiary/aromatic N) is 2. The number of anilines is 4. The van der Waals surface area contributed by atoms with E-state index in [4.69, 9.17) is 4.42 Å². The van der Waals surface area contributed by atoms with Crippen LogP contribution in [0.1, 0.15) is 11.1 Å². The van der Waals surface area contributed by atoms with Crippen LogP contribution in [0.3, 0.4) is 0 Å². The third-order valence-corrected chi connectivity index (χ3v) is 5.75. The zero-order chi connectivity index (χ0) is 24.0.